The first-order chi connectivity index (χ1) is 10.1. The molecule has 0 bridgehead atoms. The second-order valence-electron chi connectivity index (χ2n) is 5.92. The zero-order chi connectivity index (χ0) is 14.8. The maximum Gasteiger partial charge on any atom is 0.146 e. The van der Waals surface area contributed by atoms with E-state index in [0.717, 1.165) is 13.0 Å². The van der Waals surface area contributed by atoms with E-state index in [1.54, 1.807) is 6.92 Å². The highest BCUT2D eigenvalue weighted by atomic mass is 16.5. The Morgan fingerprint density at radius 1 is 1.24 bits per heavy atom. The smallest absolute Gasteiger partial charge is 0.146 e. The van der Waals surface area contributed by atoms with Gasteiger partial charge in [-0.25, -0.2) is 0 Å². The molecule has 1 saturated heterocycles. The Labute approximate surface area is 125 Å². The van der Waals surface area contributed by atoms with E-state index in [2.05, 4.69) is 47.4 Å². The number of ether oxygens (including phenoxy) is 1. The maximum absolute atomic E-state index is 11.5. The molecule has 2 unspecified atom stereocenters. The van der Waals surface area contributed by atoms with E-state index in [-0.39, 0.29) is 17.9 Å². The molecule has 3 rings (SSSR count). The van der Waals surface area contributed by atoms with Gasteiger partial charge in [0.05, 0.1) is 18.8 Å². The number of likely N-dealkylation sites (tertiary alicyclic amines) is 1. The number of likely N-dealkylation sites (N-methyl/N-ethyl adjacent to an activating group) is 1. The topological polar surface area (TPSA) is 29.5 Å². The van der Waals surface area contributed by atoms with E-state index in [1.807, 2.05) is 7.05 Å². The minimum Gasteiger partial charge on any atom is -0.372 e. The van der Waals surface area contributed by atoms with Crippen LogP contribution >= 0.6 is 0 Å². The summed E-state index contributed by atoms with van der Waals surface area (Å²) in [6, 6.07) is 14.8. The summed E-state index contributed by atoms with van der Waals surface area (Å²) in [5.41, 5.74) is 1.18. The van der Waals surface area contributed by atoms with Gasteiger partial charge in [0.1, 0.15) is 5.78 Å². The lowest BCUT2D eigenvalue weighted by Crippen LogP contribution is -2.30. The fraction of sp³-hybridized carbons (Fsp3) is 0.389. The van der Waals surface area contributed by atoms with E-state index in [9.17, 15) is 4.79 Å². The van der Waals surface area contributed by atoms with Crippen LogP contribution in [0.15, 0.2) is 42.5 Å². The highest BCUT2D eigenvalue weighted by Gasteiger charge is 2.32. The Morgan fingerprint density at radius 3 is 2.71 bits per heavy atom. The van der Waals surface area contributed by atoms with Crippen LogP contribution in [0.25, 0.3) is 10.8 Å². The molecule has 0 saturated carbocycles. The van der Waals surface area contributed by atoms with Gasteiger partial charge in [-0.3, -0.25) is 9.69 Å². The van der Waals surface area contributed by atoms with Gasteiger partial charge >= 0.3 is 0 Å². The van der Waals surface area contributed by atoms with Gasteiger partial charge in [0, 0.05) is 6.54 Å². The number of carbonyl (C=O) groups is 1. The lowest BCUT2D eigenvalue weighted by Gasteiger charge is -2.14. The van der Waals surface area contributed by atoms with E-state index in [0.29, 0.717) is 6.61 Å². The summed E-state index contributed by atoms with van der Waals surface area (Å²) in [4.78, 5) is 13.6. The molecule has 1 aliphatic heterocycles. The zero-order valence-corrected chi connectivity index (χ0v) is 12.6. The molecular weight excluding hydrogens is 262 g/mol. The van der Waals surface area contributed by atoms with Crippen LogP contribution in [-0.4, -0.2) is 36.4 Å². The summed E-state index contributed by atoms with van der Waals surface area (Å²) in [5.74, 6) is 0.231. The van der Waals surface area contributed by atoms with Crippen molar-refractivity contribution in [3.8, 4) is 0 Å². The summed E-state index contributed by atoms with van der Waals surface area (Å²) in [6.07, 6.45) is 0.953. The Balaban J connectivity index is 1.63. The van der Waals surface area contributed by atoms with Gasteiger partial charge in [0.15, 0.2) is 0 Å². The average molecular weight is 283 g/mol. The number of ketones is 1. The van der Waals surface area contributed by atoms with Crippen molar-refractivity contribution in [1.29, 1.82) is 0 Å². The normalized spacial score (nSPS) is 22.8. The van der Waals surface area contributed by atoms with Crippen molar-refractivity contribution < 1.29 is 9.53 Å². The first-order valence-corrected chi connectivity index (χ1v) is 7.43. The summed E-state index contributed by atoms with van der Waals surface area (Å²) in [6.45, 7) is 3.10. The second kappa shape index (κ2) is 5.96. The number of hydrogen-bond donors (Lipinski definition) is 0. The quantitative estimate of drug-likeness (QED) is 0.864. The molecule has 0 amide bonds. The van der Waals surface area contributed by atoms with Gasteiger partial charge in [-0.2, -0.15) is 0 Å². The number of nitrogens with zero attached hydrogens (tertiary/aromatic N) is 1. The molecule has 0 radical (unpaired) electrons. The average Bonchev–Trinajstić information content (AvgIpc) is 2.86. The summed E-state index contributed by atoms with van der Waals surface area (Å²) in [7, 11) is 1.99. The fourth-order valence-corrected chi connectivity index (χ4v) is 3.09. The molecular formula is C18H21NO2. The van der Waals surface area contributed by atoms with Gasteiger partial charge < -0.3 is 4.74 Å². The molecule has 21 heavy (non-hydrogen) atoms. The standard InChI is InChI=1S/C18H21NO2/c1-13(20)18-10-17(11-19(18)2)21-12-14-7-8-15-5-3-4-6-16(15)9-14/h3-9,17-18H,10-12H2,1-2H3. The predicted octanol–water partition coefficient (Wildman–Crippen LogP) is 3.02. The Morgan fingerprint density at radius 2 is 2.00 bits per heavy atom. The number of carbonyl (C=O) groups excluding carboxylic acids is 1. The molecule has 0 aromatic heterocycles. The van der Waals surface area contributed by atoms with Crippen LogP contribution < -0.4 is 0 Å². The van der Waals surface area contributed by atoms with Crippen LogP contribution in [0.1, 0.15) is 18.9 Å². The summed E-state index contributed by atoms with van der Waals surface area (Å²) < 4.78 is 5.99. The molecule has 2 aromatic carbocycles. The van der Waals surface area contributed by atoms with Gasteiger partial charge in [-0.05, 0) is 42.8 Å². The maximum atomic E-state index is 11.5. The monoisotopic (exact) mass is 283 g/mol. The zero-order valence-electron chi connectivity index (χ0n) is 12.6. The van der Waals surface area contributed by atoms with Gasteiger partial charge in [0.25, 0.3) is 0 Å². The molecule has 0 spiro atoms. The molecule has 1 fully saturated rings. The van der Waals surface area contributed by atoms with E-state index >= 15 is 0 Å². The lowest BCUT2D eigenvalue weighted by atomic mass is 10.1. The van der Waals surface area contributed by atoms with Crippen molar-refractivity contribution in [3.63, 3.8) is 0 Å². The van der Waals surface area contributed by atoms with Crippen molar-refractivity contribution in [2.75, 3.05) is 13.6 Å². The number of benzene rings is 2. The number of fused-ring (bicyclic) bond motifs is 1. The van der Waals surface area contributed by atoms with E-state index < -0.39 is 0 Å². The number of Topliss-reactive ketones (excluding diaryl/α,β-unsaturated/α-hetero) is 1. The molecule has 1 aliphatic rings. The molecule has 3 heteroatoms. The number of rotatable bonds is 4. The SMILES string of the molecule is CC(=O)C1CC(OCc2ccc3ccccc3c2)CN1C. The van der Waals surface area contributed by atoms with Gasteiger partial charge in [-0.1, -0.05) is 36.4 Å². The van der Waals surface area contributed by atoms with Crippen molar-refractivity contribution in [3.05, 3.63) is 48.0 Å². The number of hydrogen-bond acceptors (Lipinski definition) is 3. The van der Waals surface area contributed by atoms with Gasteiger partial charge in [-0.15, -0.1) is 0 Å². The van der Waals surface area contributed by atoms with Crippen LogP contribution in [-0.2, 0) is 16.1 Å². The highest BCUT2D eigenvalue weighted by molar-refractivity contribution is 5.83. The van der Waals surface area contributed by atoms with Crippen LogP contribution in [0.3, 0.4) is 0 Å². The minimum atomic E-state index is 0.0200. The molecule has 110 valence electrons. The van der Waals surface area contributed by atoms with E-state index in [4.69, 9.17) is 4.74 Å². The third kappa shape index (κ3) is 3.14. The molecule has 3 nitrogen and oxygen atoms in total. The predicted molar refractivity (Wildman–Crippen MR) is 84.2 cm³/mol. The van der Waals surface area contributed by atoms with Crippen LogP contribution in [0, 0.1) is 0 Å². The first kappa shape index (κ1) is 14.2. The van der Waals surface area contributed by atoms with Crippen LogP contribution in [0.5, 0.6) is 0 Å². The molecule has 1 heterocycles. The van der Waals surface area contributed by atoms with Crippen molar-refractivity contribution >= 4 is 16.6 Å². The third-order valence-electron chi connectivity index (χ3n) is 4.28. The highest BCUT2D eigenvalue weighted by Crippen LogP contribution is 2.21. The lowest BCUT2D eigenvalue weighted by molar-refractivity contribution is -0.120. The minimum absolute atomic E-state index is 0.0200. The third-order valence-corrected chi connectivity index (χ3v) is 4.28. The molecule has 0 aliphatic carbocycles. The van der Waals surface area contributed by atoms with Crippen LogP contribution in [0.4, 0.5) is 0 Å². The van der Waals surface area contributed by atoms with Crippen molar-refractivity contribution in [2.45, 2.75) is 32.1 Å². The summed E-state index contributed by atoms with van der Waals surface area (Å²) >= 11 is 0. The van der Waals surface area contributed by atoms with Crippen molar-refractivity contribution in [2.24, 2.45) is 0 Å². The molecule has 2 aromatic rings. The van der Waals surface area contributed by atoms with E-state index in [1.165, 1.54) is 16.3 Å². The first-order valence-electron chi connectivity index (χ1n) is 7.43. The Hall–Kier alpha value is -1.71. The van der Waals surface area contributed by atoms with Crippen molar-refractivity contribution in [1.82, 2.24) is 4.90 Å². The Bertz CT molecular complexity index is 652. The van der Waals surface area contributed by atoms with Gasteiger partial charge in [0.2, 0.25) is 0 Å². The second-order valence-corrected chi connectivity index (χ2v) is 5.92. The largest absolute Gasteiger partial charge is 0.372 e. The molecule has 2 atom stereocenters. The fourth-order valence-electron chi connectivity index (χ4n) is 3.09. The molecule has 0 N–H and O–H groups in total. The Kier molecular flexibility index (Phi) is 4.04. The van der Waals surface area contributed by atoms with Crippen LogP contribution in [0.2, 0.25) is 0 Å². The summed E-state index contributed by atoms with van der Waals surface area (Å²) in [5, 5.41) is 2.49.